The molecule has 2 N–H and O–H groups in total. The summed E-state index contributed by atoms with van der Waals surface area (Å²) in [4.78, 5) is 0. The van der Waals surface area contributed by atoms with Gasteiger partial charge >= 0.3 is 0 Å². The van der Waals surface area contributed by atoms with Crippen molar-refractivity contribution in [1.82, 2.24) is 0 Å². The van der Waals surface area contributed by atoms with Gasteiger partial charge in [0, 0.05) is 17.7 Å². The summed E-state index contributed by atoms with van der Waals surface area (Å²) in [5, 5.41) is 0. The Morgan fingerprint density at radius 2 is 1.73 bits per heavy atom. The maximum atomic E-state index is 6.38. The van der Waals surface area contributed by atoms with E-state index in [9.17, 15) is 0 Å². The average Bonchev–Trinajstić information content (AvgIpc) is 2.96. The molecule has 0 saturated carbocycles. The van der Waals surface area contributed by atoms with Gasteiger partial charge in [-0.3, -0.25) is 0 Å². The van der Waals surface area contributed by atoms with Crippen molar-refractivity contribution in [2.45, 2.75) is 53.1 Å². The third-order valence-corrected chi connectivity index (χ3v) is 5.05. The summed E-state index contributed by atoms with van der Waals surface area (Å²) in [6.45, 7) is 10.8. The molecule has 0 saturated heterocycles. The van der Waals surface area contributed by atoms with E-state index in [0.29, 0.717) is 5.92 Å². The second kappa shape index (κ2) is 5.35. The standard InChI is InChI=1S/C20H25NO/c1-11(2)15-8-6-7-9-16(15)18-10-17-14(5)19(21)12(3)13(4)20(17)22-18/h6-9,11,18H,10,21H2,1-5H3. The first-order valence-electron chi connectivity index (χ1n) is 8.05. The maximum Gasteiger partial charge on any atom is 0.128 e. The minimum absolute atomic E-state index is 0.104. The molecule has 0 aromatic heterocycles. The molecule has 0 radical (unpaired) electrons. The van der Waals surface area contributed by atoms with E-state index in [1.807, 2.05) is 0 Å². The minimum Gasteiger partial charge on any atom is -0.485 e. The van der Waals surface area contributed by atoms with Crippen LogP contribution in [0, 0.1) is 20.8 Å². The van der Waals surface area contributed by atoms with Crippen molar-refractivity contribution in [3.8, 4) is 5.75 Å². The molecule has 1 atom stereocenters. The molecule has 22 heavy (non-hydrogen) atoms. The summed E-state index contributed by atoms with van der Waals surface area (Å²) in [5.41, 5.74) is 14.7. The summed E-state index contributed by atoms with van der Waals surface area (Å²) < 4.78 is 6.38. The predicted molar refractivity (Wildman–Crippen MR) is 92.7 cm³/mol. The van der Waals surface area contributed by atoms with Crippen LogP contribution in [0.25, 0.3) is 0 Å². The number of hydrogen-bond acceptors (Lipinski definition) is 2. The number of rotatable bonds is 2. The molecule has 1 heterocycles. The first-order chi connectivity index (χ1) is 10.4. The Kier molecular flexibility index (Phi) is 3.64. The molecule has 3 rings (SSSR count). The number of benzene rings is 2. The lowest BCUT2D eigenvalue weighted by molar-refractivity contribution is 0.235. The van der Waals surface area contributed by atoms with Crippen molar-refractivity contribution in [3.63, 3.8) is 0 Å². The topological polar surface area (TPSA) is 35.2 Å². The minimum atomic E-state index is 0.104. The van der Waals surface area contributed by atoms with E-state index < -0.39 is 0 Å². The van der Waals surface area contributed by atoms with Gasteiger partial charge < -0.3 is 10.5 Å². The van der Waals surface area contributed by atoms with Gasteiger partial charge in [-0.25, -0.2) is 0 Å². The van der Waals surface area contributed by atoms with E-state index in [0.717, 1.165) is 23.4 Å². The van der Waals surface area contributed by atoms with Gasteiger partial charge in [0.2, 0.25) is 0 Å². The molecule has 1 aliphatic heterocycles. The molecule has 2 heteroatoms. The quantitative estimate of drug-likeness (QED) is 0.792. The zero-order valence-corrected chi connectivity index (χ0v) is 14.2. The monoisotopic (exact) mass is 295 g/mol. The molecule has 0 amide bonds. The van der Waals surface area contributed by atoms with E-state index in [2.05, 4.69) is 58.9 Å². The van der Waals surface area contributed by atoms with Crippen molar-refractivity contribution in [1.29, 1.82) is 0 Å². The van der Waals surface area contributed by atoms with E-state index in [1.165, 1.54) is 27.8 Å². The van der Waals surface area contributed by atoms with Gasteiger partial charge in [-0.1, -0.05) is 38.1 Å². The maximum absolute atomic E-state index is 6.38. The lowest BCUT2D eigenvalue weighted by Crippen LogP contribution is -2.08. The highest BCUT2D eigenvalue weighted by atomic mass is 16.5. The van der Waals surface area contributed by atoms with E-state index in [1.54, 1.807) is 0 Å². The second-order valence-electron chi connectivity index (χ2n) is 6.69. The molecule has 116 valence electrons. The van der Waals surface area contributed by atoms with Crippen LogP contribution in [0.4, 0.5) is 5.69 Å². The number of hydrogen-bond donors (Lipinski definition) is 1. The largest absolute Gasteiger partial charge is 0.485 e. The lowest BCUT2D eigenvalue weighted by Gasteiger charge is -2.18. The second-order valence-corrected chi connectivity index (χ2v) is 6.69. The van der Waals surface area contributed by atoms with E-state index in [-0.39, 0.29) is 6.10 Å². The highest BCUT2D eigenvalue weighted by Gasteiger charge is 2.30. The highest BCUT2D eigenvalue weighted by Crippen LogP contribution is 2.45. The number of ether oxygens (including phenoxy) is 1. The number of nitrogens with two attached hydrogens (primary N) is 1. The van der Waals surface area contributed by atoms with Crippen molar-refractivity contribution >= 4 is 5.69 Å². The van der Waals surface area contributed by atoms with Crippen molar-refractivity contribution in [2.24, 2.45) is 0 Å². The molecule has 1 aliphatic rings. The van der Waals surface area contributed by atoms with Crippen LogP contribution < -0.4 is 10.5 Å². The summed E-state index contributed by atoms with van der Waals surface area (Å²) in [6.07, 6.45) is 1.02. The van der Waals surface area contributed by atoms with Crippen LogP contribution in [-0.4, -0.2) is 0 Å². The molecule has 0 fully saturated rings. The summed E-state index contributed by atoms with van der Waals surface area (Å²) in [7, 11) is 0. The summed E-state index contributed by atoms with van der Waals surface area (Å²) >= 11 is 0. The van der Waals surface area contributed by atoms with E-state index >= 15 is 0 Å². The first-order valence-corrected chi connectivity index (χ1v) is 8.05. The van der Waals surface area contributed by atoms with Gasteiger partial charge in [-0.05, 0) is 54.5 Å². The molecular weight excluding hydrogens is 270 g/mol. The van der Waals surface area contributed by atoms with Gasteiger partial charge in [-0.2, -0.15) is 0 Å². The molecule has 1 unspecified atom stereocenters. The van der Waals surface area contributed by atoms with Gasteiger partial charge in [-0.15, -0.1) is 0 Å². The molecule has 2 aromatic rings. The van der Waals surface area contributed by atoms with Crippen LogP contribution in [0.2, 0.25) is 0 Å². The SMILES string of the molecule is Cc1c(C)c2c(c(C)c1N)CC(c1ccccc1C(C)C)O2. The lowest BCUT2D eigenvalue weighted by atomic mass is 9.90. The Hall–Kier alpha value is -1.96. The number of anilines is 1. The van der Waals surface area contributed by atoms with Gasteiger partial charge in [0.25, 0.3) is 0 Å². The number of nitrogen functional groups attached to an aromatic ring is 1. The van der Waals surface area contributed by atoms with E-state index in [4.69, 9.17) is 10.5 Å². The van der Waals surface area contributed by atoms with Crippen molar-refractivity contribution in [3.05, 3.63) is 57.6 Å². The van der Waals surface area contributed by atoms with Gasteiger partial charge in [0.15, 0.2) is 0 Å². The number of fused-ring (bicyclic) bond motifs is 1. The average molecular weight is 295 g/mol. The van der Waals surface area contributed by atoms with Crippen molar-refractivity contribution < 1.29 is 4.74 Å². The van der Waals surface area contributed by atoms with Crippen LogP contribution in [0.3, 0.4) is 0 Å². The third kappa shape index (κ3) is 2.18. The Morgan fingerprint density at radius 1 is 1.05 bits per heavy atom. The molecule has 0 aliphatic carbocycles. The molecule has 2 nitrogen and oxygen atoms in total. The van der Waals surface area contributed by atoms with Crippen LogP contribution in [0.15, 0.2) is 24.3 Å². The molecule has 0 spiro atoms. The Labute approximate surface area is 133 Å². The summed E-state index contributed by atoms with van der Waals surface area (Å²) in [6, 6.07) is 8.63. The van der Waals surface area contributed by atoms with Crippen LogP contribution >= 0.6 is 0 Å². The molecular formula is C20H25NO. The van der Waals surface area contributed by atoms with Gasteiger partial charge in [0.05, 0.1) is 0 Å². The fourth-order valence-electron chi connectivity index (χ4n) is 3.49. The molecule has 0 bridgehead atoms. The zero-order valence-electron chi connectivity index (χ0n) is 14.2. The highest BCUT2D eigenvalue weighted by molar-refractivity contribution is 5.66. The normalized spacial score (nSPS) is 16.7. The van der Waals surface area contributed by atoms with Crippen molar-refractivity contribution in [2.75, 3.05) is 5.73 Å². The predicted octanol–water partition coefficient (Wildman–Crippen LogP) is 4.99. The van der Waals surface area contributed by atoms with Gasteiger partial charge in [0.1, 0.15) is 11.9 Å². The Bertz CT molecular complexity index is 694. The Balaban J connectivity index is 2.06. The van der Waals surface area contributed by atoms with Crippen LogP contribution in [-0.2, 0) is 6.42 Å². The molecule has 2 aromatic carbocycles. The van der Waals surface area contributed by atoms with Crippen LogP contribution in [0.5, 0.6) is 5.75 Å². The zero-order chi connectivity index (χ0) is 16.0. The fourth-order valence-corrected chi connectivity index (χ4v) is 3.49. The fraction of sp³-hybridized carbons (Fsp3) is 0.400. The van der Waals surface area contributed by atoms with Crippen LogP contribution in [0.1, 0.15) is 59.3 Å². The smallest absolute Gasteiger partial charge is 0.128 e. The third-order valence-electron chi connectivity index (χ3n) is 5.05. The first kappa shape index (κ1) is 15.0. The summed E-state index contributed by atoms with van der Waals surface area (Å²) in [5.74, 6) is 1.55. The Morgan fingerprint density at radius 3 is 2.41 bits per heavy atom.